The third-order valence-electron chi connectivity index (χ3n) is 2.30. The molecule has 0 aromatic heterocycles. The summed E-state index contributed by atoms with van der Waals surface area (Å²) in [7, 11) is -1.72. The Morgan fingerprint density at radius 1 is 1.27 bits per heavy atom. The molecule has 15 heavy (non-hydrogen) atoms. The average molecular weight is 228 g/mol. The Morgan fingerprint density at radius 2 is 1.87 bits per heavy atom. The van der Waals surface area contributed by atoms with Crippen LogP contribution in [0.3, 0.4) is 0 Å². The fourth-order valence-corrected chi connectivity index (χ4v) is 2.90. The first-order valence-corrected chi connectivity index (χ1v) is 6.45. The molecule has 0 aliphatic heterocycles. The second-order valence-corrected chi connectivity index (χ2v) is 5.73. The number of sulfone groups is 1. The number of hydrogen-bond acceptors (Lipinski definition) is 3. The normalized spacial score (nSPS) is 11.5. The summed E-state index contributed by atoms with van der Waals surface area (Å²) in [5.41, 5.74) is 1.74. The van der Waals surface area contributed by atoms with Gasteiger partial charge in [0.25, 0.3) is 0 Å². The van der Waals surface area contributed by atoms with Gasteiger partial charge in [0.2, 0.25) is 0 Å². The molecule has 0 aliphatic rings. The highest BCUT2D eigenvalue weighted by Gasteiger charge is 2.20. The van der Waals surface area contributed by atoms with Gasteiger partial charge < -0.3 is 4.74 Å². The molecule has 4 heteroatoms. The molecule has 0 saturated carbocycles. The lowest BCUT2D eigenvalue weighted by Gasteiger charge is -2.12. The Labute approximate surface area is 91.0 Å². The van der Waals surface area contributed by atoms with Crippen molar-refractivity contribution in [2.24, 2.45) is 0 Å². The molecular weight excluding hydrogens is 212 g/mol. The molecule has 0 saturated heterocycles. The Morgan fingerprint density at radius 3 is 2.33 bits per heavy atom. The van der Waals surface area contributed by atoms with Crippen LogP contribution < -0.4 is 4.74 Å². The van der Waals surface area contributed by atoms with E-state index in [0.717, 1.165) is 11.1 Å². The quantitative estimate of drug-likeness (QED) is 0.795. The SMILES string of the molecule is CCS(=O)(=O)c1c(C)cc(C)cc1OC. The van der Waals surface area contributed by atoms with Crippen LogP contribution in [0.5, 0.6) is 5.75 Å². The van der Waals surface area contributed by atoms with Crippen LogP contribution in [-0.2, 0) is 9.84 Å². The molecule has 1 aromatic carbocycles. The van der Waals surface area contributed by atoms with Gasteiger partial charge in [-0.3, -0.25) is 0 Å². The lowest BCUT2D eigenvalue weighted by molar-refractivity contribution is 0.401. The Kier molecular flexibility index (Phi) is 3.39. The van der Waals surface area contributed by atoms with Gasteiger partial charge >= 0.3 is 0 Å². The summed E-state index contributed by atoms with van der Waals surface area (Å²) in [6, 6.07) is 3.60. The van der Waals surface area contributed by atoms with E-state index in [1.807, 2.05) is 13.0 Å². The molecule has 0 amide bonds. The second-order valence-electron chi connectivity index (χ2n) is 3.52. The van der Waals surface area contributed by atoms with Gasteiger partial charge in [0, 0.05) is 0 Å². The van der Waals surface area contributed by atoms with Crippen LogP contribution in [0, 0.1) is 13.8 Å². The molecule has 0 atom stereocenters. The van der Waals surface area contributed by atoms with E-state index in [2.05, 4.69) is 0 Å². The maximum Gasteiger partial charge on any atom is 0.182 e. The average Bonchev–Trinajstić information content (AvgIpc) is 2.15. The van der Waals surface area contributed by atoms with Gasteiger partial charge in [-0.05, 0) is 31.0 Å². The van der Waals surface area contributed by atoms with Gasteiger partial charge in [0.15, 0.2) is 9.84 Å². The number of methoxy groups -OCH3 is 1. The van der Waals surface area contributed by atoms with Crippen LogP contribution in [0.1, 0.15) is 18.1 Å². The second kappa shape index (κ2) is 4.23. The van der Waals surface area contributed by atoms with Gasteiger partial charge in [-0.2, -0.15) is 0 Å². The Bertz CT molecular complexity index is 461. The third-order valence-corrected chi connectivity index (χ3v) is 4.20. The predicted molar refractivity (Wildman–Crippen MR) is 60.2 cm³/mol. The molecule has 0 radical (unpaired) electrons. The van der Waals surface area contributed by atoms with E-state index in [0.29, 0.717) is 10.6 Å². The largest absolute Gasteiger partial charge is 0.495 e. The number of hydrogen-bond donors (Lipinski definition) is 0. The molecule has 84 valence electrons. The van der Waals surface area contributed by atoms with Gasteiger partial charge in [-0.15, -0.1) is 0 Å². The van der Waals surface area contributed by atoms with Gasteiger partial charge in [-0.25, -0.2) is 8.42 Å². The van der Waals surface area contributed by atoms with Crippen LogP contribution >= 0.6 is 0 Å². The first kappa shape index (κ1) is 12.0. The van der Waals surface area contributed by atoms with Gasteiger partial charge in [0.1, 0.15) is 10.6 Å². The third kappa shape index (κ3) is 2.31. The minimum absolute atomic E-state index is 0.0905. The Balaban J connectivity index is 3.54. The summed E-state index contributed by atoms with van der Waals surface area (Å²) in [6.45, 7) is 5.34. The highest BCUT2D eigenvalue weighted by molar-refractivity contribution is 7.91. The highest BCUT2D eigenvalue weighted by atomic mass is 32.2. The number of ether oxygens (including phenoxy) is 1. The lowest BCUT2D eigenvalue weighted by atomic mass is 10.1. The zero-order chi connectivity index (χ0) is 11.6. The minimum atomic E-state index is -3.21. The molecule has 1 rings (SSSR count). The summed E-state index contributed by atoms with van der Waals surface area (Å²) in [5.74, 6) is 0.530. The van der Waals surface area contributed by atoms with Crippen LogP contribution in [0.15, 0.2) is 17.0 Å². The van der Waals surface area contributed by atoms with Crippen molar-refractivity contribution in [2.45, 2.75) is 25.7 Å². The molecular formula is C11H16O3S. The first-order valence-electron chi connectivity index (χ1n) is 4.80. The fraction of sp³-hybridized carbons (Fsp3) is 0.455. The molecule has 0 fully saturated rings. The number of aryl methyl sites for hydroxylation is 2. The van der Waals surface area contributed by atoms with Crippen molar-refractivity contribution >= 4 is 9.84 Å². The van der Waals surface area contributed by atoms with Crippen molar-refractivity contribution in [1.29, 1.82) is 0 Å². The van der Waals surface area contributed by atoms with E-state index >= 15 is 0 Å². The fourth-order valence-electron chi connectivity index (χ4n) is 1.61. The maximum atomic E-state index is 11.8. The number of benzene rings is 1. The minimum Gasteiger partial charge on any atom is -0.495 e. The standard InChI is InChI=1S/C11H16O3S/c1-5-15(12,13)11-9(3)6-8(2)7-10(11)14-4/h6-7H,5H2,1-4H3. The Hall–Kier alpha value is -1.03. The summed E-state index contributed by atoms with van der Waals surface area (Å²) < 4.78 is 28.8. The lowest BCUT2D eigenvalue weighted by Crippen LogP contribution is -2.08. The first-order chi connectivity index (χ1) is 6.92. The van der Waals surface area contributed by atoms with E-state index in [4.69, 9.17) is 4.74 Å². The molecule has 0 N–H and O–H groups in total. The van der Waals surface area contributed by atoms with E-state index in [1.54, 1.807) is 19.9 Å². The summed E-state index contributed by atoms with van der Waals surface area (Å²) in [6.07, 6.45) is 0. The smallest absolute Gasteiger partial charge is 0.182 e. The molecule has 0 unspecified atom stereocenters. The maximum absolute atomic E-state index is 11.8. The van der Waals surface area contributed by atoms with Crippen LogP contribution in [0.25, 0.3) is 0 Å². The molecule has 1 aromatic rings. The van der Waals surface area contributed by atoms with Gasteiger partial charge in [0.05, 0.1) is 12.9 Å². The predicted octanol–water partition coefficient (Wildman–Crippen LogP) is 2.11. The van der Waals surface area contributed by atoms with Crippen molar-refractivity contribution in [3.63, 3.8) is 0 Å². The van der Waals surface area contributed by atoms with E-state index in [-0.39, 0.29) is 5.75 Å². The summed E-state index contributed by atoms with van der Waals surface area (Å²) in [5, 5.41) is 0. The zero-order valence-corrected chi connectivity index (χ0v) is 10.3. The van der Waals surface area contributed by atoms with E-state index < -0.39 is 9.84 Å². The van der Waals surface area contributed by atoms with E-state index in [9.17, 15) is 8.42 Å². The van der Waals surface area contributed by atoms with Crippen LogP contribution in [0.4, 0.5) is 0 Å². The van der Waals surface area contributed by atoms with Gasteiger partial charge in [-0.1, -0.05) is 13.0 Å². The van der Waals surface area contributed by atoms with Crippen molar-refractivity contribution in [3.05, 3.63) is 23.3 Å². The molecule has 0 bridgehead atoms. The molecule has 0 spiro atoms. The van der Waals surface area contributed by atoms with Crippen molar-refractivity contribution in [1.82, 2.24) is 0 Å². The van der Waals surface area contributed by atoms with Crippen LogP contribution in [0.2, 0.25) is 0 Å². The zero-order valence-electron chi connectivity index (χ0n) is 9.49. The summed E-state index contributed by atoms with van der Waals surface area (Å²) in [4.78, 5) is 0.318. The topological polar surface area (TPSA) is 43.4 Å². The highest BCUT2D eigenvalue weighted by Crippen LogP contribution is 2.29. The number of rotatable bonds is 3. The molecule has 3 nitrogen and oxygen atoms in total. The van der Waals surface area contributed by atoms with Crippen molar-refractivity contribution in [3.8, 4) is 5.75 Å². The van der Waals surface area contributed by atoms with Crippen molar-refractivity contribution in [2.75, 3.05) is 12.9 Å². The summed E-state index contributed by atoms with van der Waals surface area (Å²) >= 11 is 0. The van der Waals surface area contributed by atoms with Crippen LogP contribution in [-0.4, -0.2) is 21.3 Å². The van der Waals surface area contributed by atoms with Crippen molar-refractivity contribution < 1.29 is 13.2 Å². The monoisotopic (exact) mass is 228 g/mol. The molecule has 0 aliphatic carbocycles. The van der Waals surface area contributed by atoms with E-state index in [1.165, 1.54) is 7.11 Å². The molecule has 0 heterocycles.